The predicted octanol–water partition coefficient (Wildman–Crippen LogP) is 2.16. The molecule has 1 heterocycles. The van der Waals surface area contributed by atoms with Crippen molar-refractivity contribution in [2.75, 3.05) is 0 Å². The van der Waals surface area contributed by atoms with Crippen LogP contribution in [0.25, 0.3) is 0 Å². The largest absolute Gasteiger partial charge is 0.328 e. The lowest BCUT2D eigenvalue weighted by Gasteiger charge is -2.24. The molecule has 1 aromatic rings. The van der Waals surface area contributed by atoms with E-state index in [0.29, 0.717) is 6.04 Å². The second kappa shape index (κ2) is 3.35. The van der Waals surface area contributed by atoms with Crippen LogP contribution in [0.5, 0.6) is 0 Å². The molecule has 0 bridgehead atoms. The number of aromatic nitrogens is 1. The van der Waals surface area contributed by atoms with Crippen molar-refractivity contribution in [1.29, 1.82) is 0 Å². The molecule has 0 amide bonds. The second-order valence-electron chi connectivity index (χ2n) is 4.75. The maximum Gasteiger partial charge on any atom is 0.0372 e. The SMILES string of the molecule is Cc1ccc(C2(C)CCC(N)C2)cn1. The van der Waals surface area contributed by atoms with Gasteiger partial charge in [-0.25, -0.2) is 0 Å². The molecule has 0 saturated heterocycles. The molecule has 2 rings (SSSR count). The Bertz CT molecular complexity index is 318. The van der Waals surface area contributed by atoms with Crippen LogP contribution in [0, 0.1) is 6.92 Å². The molecule has 1 fully saturated rings. The highest BCUT2D eigenvalue weighted by molar-refractivity contribution is 5.24. The van der Waals surface area contributed by atoms with E-state index in [1.165, 1.54) is 12.0 Å². The third-order valence-electron chi connectivity index (χ3n) is 3.39. The van der Waals surface area contributed by atoms with E-state index >= 15 is 0 Å². The molecular weight excluding hydrogens is 172 g/mol. The third-order valence-corrected chi connectivity index (χ3v) is 3.39. The summed E-state index contributed by atoms with van der Waals surface area (Å²) in [5, 5.41) is 0. The van der Waals surface area contributed by atoms with Gasteiger partial charge in [-0.1, -0.05) is 13.0 Å². The zero-order valence-corrected chi connectivity index (χ0v) is 8.96. The predicted molar refractivity (Wildman–Crippen MR) is 58.2 cm³/mol. The van der Waals surface area contributed by atoms with Gasteiger partial charge >= 0.3 is 0 Å². The number of aryl methyl sites for hydroxylation is 1. The van der Waals surface area contributed by atoms with E-state index in [1.54, 1.807) is 0 Å². The second-order valence-corrected chi connectivity index (χ2v) is 4.75. The van der Waals surface area contributed by atoms with Crippen molar-refractivity contribution < 1.29 is 0 Å². The van der Waals surface area contributed by atoms with Crippen molar-refractivity contribution in [3.63, 3.8) is 0 Å². The molecule has 1 saturated carbocycles. The van der Waals surface area contributed by atoms with Crippen molar-refractivity contribution in [3.05, 3.63) is 29.6 Å². The van der Waals surface area contributed by atoms with Crippen LogP contribution in [-0.4, -0.2) is 11.0 Å². The quantitative estimate of drug-likeness (QED) is 0.737. The lowest BCUT2D eigenvalue weighted by molar-refractivity contribution is 0.480. The van der Waals surface area contributed by atoms with Gasteiger partial charge in [0.05, 0.1) is 0 Å². The molecule has 14 heavy (non-hydrogen) atoms. The monoisotopic (exact) mass is 190 g/mol. The summed E-state index contributed by atoms with van der Waals surface area (Å²) in [6, 6.07) is 4.66. The normalized spacial score (nSPS) is 32.1. The van der Waals surface area contributed by atoms with Gasteiger partial charge in [-0.3, -0.25) is 4.98 Å². The highest BCUT2D eigenvalue weighted by Gasteiger charge is 2.34. The Kier molecular flexibility index (Phi) is 2.31. The summed E-state index contributed by atoms with van der Waals surface area (Å²) in [4.78, 5) is 4.35. The van der Waals surface area contributed by atoms with E-state index in [-0.39, 0.29) is 5.41 Å². The molecule has 0 aromatic carbocycles. The van der Waals surface area contributed by atoms with Gasteiger partial charge < -0.3 is 5.73 Å². The maximum absolute atomic E-state index is 5.96. The standard InChI is InChI=1S/C12H18N2/c1-9-3-4-10(8-14-9)12(2)6-5-11(13)7-12/h3-4,8,11H,5-7,13H2,1-2H3. The van der Waals surface area contributed by atoms with Crippen molar-refractivity contribution in [2.45, 2.75) is 44.6 Å². The van der Waals surface area contributed by atoms with Gasteiger partial charge in [-0.2, -0.15) is 0 Å². The zero-order valence-electron chi connectivity index (χ0n) is 8.96. The van der Waals surface area contributed by atoms with Gasteiger partial charge in [0.2, 0.25) is 0 Å². The molecule has 0 spiro atoms. The summed E-state index contributed by atoms with van der Waals surface area (Å²) in [6.45, 7) is 4.32. The number of rotatable bonds is 1. The minimum absolute atomic E-state index is 0.264. The van der Waals surface area contributed by atoms with E-state index in [0.717, 1.165) is 18.5 Å². The molecule has 2 N–H and O–H groups in total. The van der Waals surface area contributed by atoms with Gasteiger partial charge in [0.1, 0.15) is 0 Å². The molecule has 1 aliphatic carbocycles. The molecule has 2 heteroatoms. The maximum atomic E-state index is 5.96. The molecule has 2 unspecified atom stereocenters. The van der Waals surface area contributed by atoms with Crippen LogP contribution in [0.15, 0.2) is 18.3 Å². The lowest BCUT2D eigenvalue weighted by atomic mass is 9.82. The average molecular weight is 190 g/mol. The van der Waals surface area contributed by atoms with Gasteiger partial charge in [0.25, 0.3) is 0 Å². The molecule has 2 nitrogen and oxygen atoms in total. The zero-order chi connectivity index (χ0) is 10.2. The van der Waals surface area contributed by atoms with Crippen molar-refractivity contribution >= 4 is 0 Å². The molecule has 0 radical (unpaired) electrons. The Hall–Kier alpha value is -0.890. The van der Waals surface area contributed by atoms with E-state index in [2.05, 4.69) is 24.0 Å². The lowest BCUT2D eigenvalue weighted by Crippen LogP contribution is -2.22. The van der Waals surface area contributed by atoms with Gasteiger partial charge in [0, 0.05) is 17.9 Å². The van der Waals surface area contributed by atoms with Crippen LogP contribution in [-0.2, 0) is 5.41 Å². The van der Waals surface area contributed by atoms with Crippen molar-refractivity contribution in [2.24, 2.45) is 5.73 Å². The first-order valence-corrected chi connectivity index (χ1v) is 5.29. The fourth-order valence-corrected chi connectivity index (χ4v) is 2.37. The van der Waals surface area contributed by atoms with Crippen LogP contribution in [0.3, 0.4) is 0 Å². The number of hydrogen-bond acceptors (Lipinski definition) is 2. The summed E-state index contributed by atoms with van der Waals surface area (Å²) < 4.78 is 0. The summed E-state index contributed by atoms with van der Waals surface area (Å²) in [7, 11) is 0. The Morgan fingerprint density at radius 3 is 2.79 bits per heavy atom. The van der Waals surface area contributed by atoms with Gasteiger partial charge in [-0.05, 0) is 43.2 Å². The molecule has 1 aliphatic rings. The number of nitrogens with two attached hydrogens (primary N) is 1. The Morgan fingerprint density at radius 2 is 2.29 bits per heavy atom. The fraction of sp³-hybridized carbons (Fsp3) is 0.583. The molecule has 1 aromatic heterocycles. The summed E-state index contributed by atoms with van der Waals surface area (Å²) in [5.41, 5.74) is 8.65. The van der Waals surface area contributed by atoms with Crippen LogP contribution < -0.4 is 5.73 Å². The molecule has 76 valence electrons. The molecule has 2 atom stereocenters. The van der Waals surface area contributed by atoms with E-state index in [4.69, 9.17) is 5.73 Å². The van der Waals surface area contributed by atoms with E-state index in [1.807, 2.05) is 13.1 Å². The minimum atomic E-state index is 0.264. The first-order valence-electron chi connectivity index (χ1n) is 5.29. The average Bonchev–Trinajstić information content (AvgIpc) is 2.48. The topological polar surface area (TPSA) is 38.9 Å². The van der Waals surface area contributed by atoms with Gasteiger partial charge in [0.15, 0.2) is 0 Å². The minimum Gasteiger partial charge on any atom is -0.328 e. The van der Waals surface area contributed by atoms with Gasteiger partial charge in [-0.15, -0.1) is 0 Å². The van der Waals surface area contributed by atoms with Crippen LogP contribution in [0.4, 0.5) is 0 Å². The van der Waals surface area contributed by atoms with E-state index in [9.17, 15) is 0 Å². The van der Waals surface area contributed by atoms with Crippen LogP contribution >= 0.6 is 0 Å². The van der Waals surface area contributed by atoms with Crippen LogP contribution in [0.1, 0.15) is 37.4 Å². The number of hydrogen-bond donors (Lipinski definition) is 1. The summed E-state index contributed by atoms with van der Waals surface area (Å²) in [6.07, 6.45) is 5.44. The van der Waals surface area contributed by atoms with Crippen molar-refractivity contribution in [1.82, 2.24) is 4.98 Å². The fourth-order valence-electron chi connectivity index (χ4n) is 2.37. The smallest absolute Gasteiger partial charge is 0.0372 e. The Labute approximate surface area is 85.5 Å². The van der Waals surface area contributed by atoms with E-state index < -0.39 is 0 Å². The number of nitrogens with zero attached hydrogens (tertiary/aromatic N) is 1. The molecule has 0 aliphatic heterocycles. The molecular formula is C12H18N2. The highest BCUT2D eigenvalue weighted by atomic mass is 14.7. The Balaban J connectivity index is 2.26. The first kappa shape index (κ1) is 9.66. The summed E-state index contributed by atoms with van der Waals surface area (Å²) >= 11 is 0. The van der Waals surface area contributed by atoms with Crippen LogP contribution in [0.2, 0.25) is 0 Å². The highest BCUT2D eigenvalue weighted by Crippen LogP contribution is 2.39. The number of pyridine rings is 1. The third kappa shape index (κ3) is 1.67. The summed E-state index contributed by atoms with van der Waals surface area (Å²) in [5.74, 6) is 0. The Morgan fingerprint density at radius 1 is 1.50 bits per heavy atom. The first-order chi connectivity index (χ1) is 6.60. The van der Waals surface area contributed by atoms with Crippen molar-refractivity contribution in [3.8, 4) is 0 Å².